The number of rotatable bonds is 5. The van der Waals surface area contributed by atoms with Gasteiger partial charge in [0, 0.05) is 36.0 Å². The summed E-state index contributed by atoms with van der Waals surface area (Å²) in [5.41, 5.74) is 2.48. The van der Waals surface area contributed by atoms with Gasteiger partial charge in [-0.2, -0.15) is 0 Å². The molecule has 0 bridgehead atoms. The van der Waals surface area contributed by atoms with Crippen LogP contribution in [0.25, 0.3) is 33.4 Å². The summed E-state index contributed by atoms with van der Waals surface area (Å²) in [5.74, 6) is 1.97. The average molecular weight is 416 g/mol. The third-order valence-electron chi connectivity index (χ3n) is 5.54. The van der Waals surface area contributed by atoms with Gasteiger partial charge in [0.25, 0.3) is 0 Å². The summed E-state index contributed by atoms with van der Waals surface area (Å²) >= 11 is 0. The molecule has 1 saturated heterocycles. The first-order chi connectivity index (χ1) is 15.1. The molecule has 0 radical (unpaired) electrons. The molecular weight excluding hydrogens is 395 g/mol. The van der Waals surface area contributed by atoms with Crippen molar-refractivity contribution in [1.82, 2.24) is 15.0 Å². The van der Waals surface area contributed by atoms with E-state index in [9.17, 15) is 4.39 Å². The Morgan fingerprint density at radius 1 is 1.06 bits per heavy atom. The van der Waals surface area contributed by atoms with Crippen molar-refractivity contribution in [3.05, 3.63) is 66.5 Å². The van der Waals surface area contributed by atoms with Crippen molar-refractivity contribution in [2.45, 2.75) is 5.67 Å². The SMILES string of the molecule is CNc1nc(-c2cccnc2)nc2ccc(-c3cc(C4(F)COC4)ccc3OC)cc12. The van der Waals surface area contributed by atoms with Crippen LogP contribution in [0.5, 0.6) is 5.75 Å². The molecule has 1 N–H and O–H groups in total. The van der Waals surface area contributed by atoms with Gasteiger partial charge in [-0.15, -0.1) is 0 Å². The number of fused-ring (bicyclic) bond motifs is 1. The Morgan fingerprint density at radius 3 is 2.61 bits per heavy atom. The molecule has 4 aromatic rings. The van der Waals surface area contributed by atoms with Crippen LogP contribution < -0.4 is 10.1 Å². The molecule has 0 amide bonds. The van der Waals surface area contributed by atoms with Crippen LogP contribution in [0.4, 0.5) is 10.2 Å². The van der Waals surface area contributed by atoms with Crippen LogP contribution in [-0.2, 0) is 10.4 Å². The van der Waals surface area contributed by atoms with E-state index in [0.29, 0.717) is 23.0 Å². The van der Waals surface area contributed by atoms with Crippen molar-refractivity contribution in [2.24, 2.45) is 0 Å². The molecule has 0 saturated carbocycles. The molecule has 3 heterocycles. The highest BCUT2D eigenvalue weighted by molar-refractivity contribution is 5.94. The smallest absolute Gasteiger partial charge is 0.182 e. The van der Waals surface area contributed by atoms with Gasteiger partial charge in [0.2, 0.25) is 0 Å². The monoisotopic (exact) mass is 416 g/mol. The van der Waals surface area contributed by atoms with Crippen molar-refractivity contribution >= 4 is 16.7 Å². The van der Waals surface area contributed by atoms with Crippen LogP contribution in [0.15, 0.2) is 60.9 Å². The minimum Gasteiger partial charge on any atom is -0.496 e. The molecule has 1 fully saturated rings. The van der Waals surface area contributed by atoms with Crippen LogP contribution in [0.3, 0.4) is 0 Å². The van der Waals surface area contributed by atoms with Crippen LogP contribution in [0, 0.1) is 0 Å². The second kappa shape index (κ2) is 7.59. The van der Waals surface area contributed by atoms with Gasteiger partial charge in [0.15, 0.2) is 11.5 Å². The number of hydrogen-bond donors (Lipinski definition) is 1. The Morgan fingerprint density at radius 2 is 1.94 bits per heavy atom. The summed E-state index contributed by atoms with van der Waals surface area (Å²) in [5, 5.41) is 4.03. The van der Waals surface area contributed by atoms with Crippen molar-refractivity contribution < 1.29 is 13.9 Å². The quantitative estimate of drug-likeness (QED) is 0.513. The van der Waals surface area contributed by atoms with Gasteiger partial charge in [0.05, 0.1) is 25.8 Å². The van der Waals surface area contributed by atoms with Gasteiger partial charge in [-0.05, 0) is 47.5 Å². The predicted octanol–water partition coefficient (Wildman–Crippen LogP) is 4.60. The lowest BCUT2D eigenvalue weighted by Crippen LogP contribution is -2.42. The van der Waals surface area contributed by atoms with Crippen molar-refractivity contribution in [3.63, 3.8) is 0 Å². The summed E-state index contributed by atoms with van der Waals surface area (Å²) in [6, 6.07) is 15.1. The van der Waals surface area contributed by atoms with E-state index in [2.05, 4.69) is 15.3 Å². The Balaban J connectivity index is 1.64. The number of alkyl halides is 1. The van der Waals surface area contributed by atoms with Crippen molar-refractivity contribution in [2.75, 3.05) is 32.7 Å². The molecule has 0 spiro atoms. The molecule has 7 heteroatoms. The molecule has 6 nitrogen and oxygen atoms in total. The molecule has 0 unspecified atom stereocenters. The van der Waals surface area contributed by atoms with Crippen molar-refractivity contribution in [3.8, 4) is 28.3 Å². The molecule has 2 aromatic carbocycles. The molecule has 156 valence electrons. The Labute approximate surface area is 179 Å². The van der Waals surface area contributed by atoms with Crippen LogP contribution >= 0.6 is 0 Å². The molecular formula is C24H21FN4O2. The summed E-state index contributed by atoms with van der Waals surface area (Å²) in [7, 11) is 3.44. The van der Waals surface area contributed by atoms with E-state index in [4.69, 9.17) is 14.5 Å². The molecule has 0 atom stereocenters. The number of ether oxygens (including phenoxy) is 2. The zero-order chi connectivity index (χ0) is 21.4. The van der Waals surface area contributed by atoms with E-state index in [1.807, 2.05) is 43.4 Å². The standard InChI is InChI=1S/C24H21FN4O2/c1-26-23-19-10-15(5-7-20(19)28-22(29-23)16-4-3-9-27-12-16)18-11-17(6-8-21(18)30-2)24(25)13-31-14-24/h3-12H,13-14H2,1-2H3,(H,26,28,29). The Hall–Kier alpha value is -3.58. The summed E-state index contributed by atoms with van der Waals surface area (Å²) in [4.78, 5) is 13.5. The van der Waals surface area contributed by atoms with E-state index in [1.54, 1.807) is 31.6 Å². The number of nitrogens with one attached hydrogen (secondary N) is 1. The van der Waals surface area contributed by atoms with E-state index in [1.165, 1.54) is 0 Å². The van der Waals surface area contributed by atoms with Gasteiger partial charge in [-0.1, -0.05) is 12.1 Å². The number of nitrogens with zero attached hydrogens (tertiary/aromatic N) is 3. The van der Waals surface area contributed by atoms with Crippen LogP contribution in [-0.4, -0.2) is 42.3 Å². The molecule has 31 heavy (non-hydrogen) atoms. The second-order valence-electron chi connectivity index (χ2n) is 7.49. The molecule has 1 aliphatic rings. The van der Waals surface area contributed by atoms with E-state index < -0.39 is 5.67 Å². The predicted molar refractivity (Wildman–Crippen MR) is 118 cm³/mol. The first kappa shape index (κ1) is 19.4. The zero-order valence-corrected chi connectivity index (χ0v) is 17.2. The number of halogens is 1. The number of anilines is 1. The number of aromatic nitrogens is 3. The molecule has 0 aliphatic carbocycles. The van der Waals surface area contributed by atoms with Gasteiger partial charge in [-0.3, -0.25) is 4.98 Å². The largest absolute Gasteiger partial charge is 0.496 e. The maximum Gasteiger partial charge on any atom is 0.182 e. The van der Waals surface area contributed by atoms with Crippen LogP contribution in [0.1, 0.15) is 5.56 Å². The topological polar surface area (TPSA) is 69.2 Å². The highest BCUT2D eigenvalue weighted by Gasteiger charge is 2.41. The summed E-state index contributed by atoms with van der Waals surface area (Å²) < 4.78 is 25.6. The Kier molecular flexibility index (Phi) is 4.75. The lowest BCUT2D eigenvalue weighted by molar-refractivity contribution is -0.135. The lowest BCUT2D eigenvalue weighted by atomic mass is 9.90. The van der Waals surface area contributed by atoms with Crippen molar-refractivity contribution in [1.29, 1.82) is 0 Å². The van der Waals surface area contributed by atoms with E-state index in [-0.39, 0.29) is 13.2 Å². The normalized spacial score (nSPS) is 14.8. The summed E-state index contributed by atoms with van der Waals surface area (Å²) in [6.07, 6.45) is 3.46. The number of methoxy groups -OCH3 is 1. The first-order valence-electron chi connectivity index (χ1n) is 9.97. The third-order valence-corrected chi connectivity index (χ3v) is 5.54. The molecule has 2 aromatic heterocycles. The fourth-order valence-corrected chi connectivity index (χ4v) is 3.77. The lowest BCUT2D eigenvalue weighted by Gasteiger charge is -2.34. The number of hydrogen-bond acceptors (Lipinski definition) is 6. The maximum absolute atomic E-state index is 14.9. The second-order valence-corrected chi connectivity index (χ2v) is 7.49. The van der Waals surface area contributed by atoms with Crippen LogP contribution in [0.2, 0.25) is 0 Å². The number of pyridine rings is 1. The maximum atomic E-state index is 14.9. The number of benzene rings is 2. The highest BCUT2D eigenvalue weighted by atomic mass is 19.1. The third kappa shape index (κ3) is 3.37. The highest BCUT2D eigenvalue weighted by Crippen LogP contribution is 2.40. The van der Waals surface area contributed by atoms with E-state index >= 15 is 0 Å². The van der Waals surface area contributed by atoms with E-state index in [0.717, 1.165) is 27.6 Å². The van der Waals surface area contributed by atoms with Gasteiger partial charge < -0.3 is 14.8 Å². The molecule has 5 rings (SSSR count). The first-order valence-corrected chi connectivity index (χ1v) is 9.97. The fraction of sp³-hybridized carbons (Fsp3) is 0.208. The molecule has 1 aliphatic heterocycles. The minimum atomic E-state index is -1.45. The van der Waals surface area contributed by atoms with Gasteiger partial charge in [0.1, 0.15) is 11.6 Å². The Bertz CT molecular complexity index is 1260. The minimum absolute atomic E-state index is 0.0748. The zero-order valence-electron chi connectivity index (χ0n) is 17.2. The summed E-state index contributed by atoms with van der Waals surface area (Å²) in [6.45, 7) is 0.150. The average Bonchev–Trinajstić information content (AvgIpc) is 2.81. The fourth-order valence-electron chi connectivity index (χ4n) is 3.77. The van der Waals surface area contributed by atoms with Gasteiger partial charge >= 0.3 is 0 Å². The van der Waals surface area contributed by atoms with Gasteiger partial charge in [-0.25, -0.2) is 14.4 Å².